The maximum absolute atomic E-state index is 12.8. The van der Waals surface area contributed by atoms with Crippen molar-refractivity contribution < 1.29 is 14.3 Å². The van der Waals surface area contributed by atoms with Crippen molar-refractivity contribution in [1.82, 2.24) is 0 Å². The van der Waals surface area contributed by atoms with Crippen LogP contribution >= 0.6 is 22.9 Å². The number of esters is 1. The van der Waals surface area contributed by atoms with Gasteiger partial charge in [0, 0.05) is 16.3 Å². The molecule has 0 aliphatic rings. The molecule has 140 valence electrons. The van der Waals surface area contributed by atoms with E-state index in [1.54, 1.807) is 48.5 Å². The fourth-order valence-corrected chi connectivity index (χ4v) is 3.66. The number of ether oxygens (including phenoxy) is 1. The van der Waals surface area contributed by atoms with Gasteiger partial charge in [-0.15, -0.1) is 11.3 Å². The SMILES string of the molecule is COC(=O)c1ccc(Nc2sc(C(=O)c3ccc(Cl)cc3)c(N)c2C#N)cc1. The summed E-state index contributed by atoms with van der Waals surface area (Å²) in [5.41, 5.74) is 7.84. The van der Waals surface area contributed by atoms with Gasteiger partial charge in [0.05, 0.1) is 18.4 Å². The summed E-state index contributed by atoms with van der Waals surface area (Å²) in [6, 6.07) is 15.0. The number of carbonyl (C=O) groups excluding carboxylic acids is 2. The number of carbonyl (C=O) groups is 2. The molecule has 1 heterocycles. The zero-order chi connectivity index (χ0) is 20.3. The van der Waals surface area contributed by atoms with Crippen LogP contribution in [0, 0.1) is 11.3 Å². The summed E-state index contributed by atoms with van der Waals surface area (Å²) in [5.74, 6) is -0.731. The van der Waals surface area contributed by atoms with Gasteiger partial charge in [0.25, 0.3) is 0 Å². The molecule has 0 radical (unpaired) electrons. The highest BCUT2D eigenvalue weighted by atomic mass is 35.5. The summed E-state index contributed by atoms with van der Waals surface area (Å²) >= 11 is 6.96. The van der Waals surface area contributed by atoms with Crippen LogP contribution in [0.4, 0.5) is 16.4 Å². The van der Waals surface area contributed by atoms with Crippen LogP contribution in [0.5, 0.6) is 0 Å². The van der Waals surface area contributed by atoms with E-state index in [0.29, 0.717) is 26.8 Å². The molecule has 0 unspecified atom stereocenters. The molecule has 0 saturated heterocycles. The first-order valence-electron chi connectivity index (χ1n) is 8.02. The molecule has 3 rings (SSSR count). The number of rotatable bonds is 5. The number of hydrogen-bond acceptors (Lipinski definition) is 7. The largest absolute Gasteiger partial charge is 0.465 e. The number of nitrogens with zero attached hydrogens (tertiary/aromatic N) is 1. The number of benzene rings is 2. The quantitative estimate of drug-likeness (QED) is 0.469. The highest BCUT2D eigenvalue weighted by Crippen LogP contribution is 2.38. The first-order valence-corrected chi connectivity index (χ1v) is 9.22. The molecule has 0 amide bonds. The predicted molar refractivity (Wildman–Crippen MR) is 109 cm³/mol. The molecule has 0 bridgehead atoms. The van der Waals surface area contributed by atoms with Crippen LogP contribution in [0.25, 0.3) is 0 Å². The molecule has 3 N–H and O–H groups in total. The second kappa shape index (κ2) is 8.13. The zero-order valence-electron chi connectivity index (χ0n) is 14.7. The van der Waals surface area contributed by atoms with Crippen molar-refractivity contribution in [3.63, 3.8) is 0 Å². The van der Waals surface area contributed by atoms with E-state index in [0.717, 1.165) is 11.3 Å². The number of methoxy groups -OCH3 is 1. The fraction of sp³-hybridized carbons (Fsp3) is 0.0500. The van der Waals surface area contributed by atoms with Crippen LogP contribution < -0.4 is 11.1 Å². The third-order valence-corrected chi connectivity index (χ3v) is 5.31. The number of halogens is 1. The number of nitrogen functional groups attached to an aromatic ring is 1. The number of hydrogen-bond donors (Lipinski definition) is 2. The number of nitriles is 1. The molecule has 8 heteroatoms. The number of nitrogens with two attached hydrogens (primary N) is 1. The lowest BCUT2D eigenvalue weighted by molar-refractivity contribution is 0.0600. The minimum atomic E-state index is -0.444. The van der Waals surface area contributed by atoms with E-state index < -0.39 is 5.97 Å². The minimum Gasteiger partial charge on any atom is -0.465 e. The summed E-state index contributed by atoms with van der Waals surface area (Å²) in [4.78, 5) is 24.6. The van der Waals surface area contributed by atoms with E-state index in [9.17, 15) is 14.9 Å². The lowest BCUT2D eigenvalue weighted by Gasteiger charge is -2.05. The summed E-state index contributed by atoms with van der Waals surface area (Å²) in [7, 11) is 1.31. The third kappa shape index (κ3) is 3.83. The van der Waals surface area contributed by atoms with Crippen molar-refractivity contribution in [2.45, 2.75) is 0 Å². The second-order valence-corrected chi connectivity index (χ2v) is 7.15. The molecule has 2 aromatic carbocycles. The number of thiophene rings is 1. The van der Waals surface area contributed by atoms with Crippen LogP contribution in [0.3, 0.4) is 0 Å². The van der Waals surface area contributed by atoms with Crippen molar-refractivity contribution in [2.75, 3.05) is 18.2 Å². The van der Waals surface area contributed by atoms with E-state index in [4.69, 9.17) is 17.3 Å². The Balaban J connectivity index is 1.91. The number of nitrogens with one attached hydrogen (secondary N) is 1. The predicted octanol–water partition coefficient (Wildman–Crippen LogP) is 4.62. The third-order valence-electron chi connectivity index (χ3n) is 3.93. The fourth-order valence-electron chi connectivity index (χ4n) is 2.48. The average Bonchev–Trinajstić information content (AvgIpc) is 3.03. The van der Waals surface area contributed by atoms with Gasteiger partial charge in [0.2, 0.25) is 5.78 Å². The van der Waals surface area contributed by atoms with Gasteiger partial charge in [-0.3, -0.25) is 4.79 Å². The Labute approximate surface area is 170 Å². The summed E-state index contributed by atoms with van der Waals surface area (Å²) in [6.07, 6.45) is 0. The standard InChI is InChI=1S/C20H14ClN3O3S/c1-27-20(26)12-4-8-14(9-5-12)24-19-15(10-22)16(23)18(28-19)17(25)11-2-6-13(21)7-3-11/h2-9,24H,23H2,1H3. The Bertz CT molecular complexity index is 1080. The number of ketones is 1. The Hall–Kier alpha value is -3.34. The van der Waals surface area contributed by atoms with Gasteiger partial charge in [-0.25, -0.2) is 4.79 Å². The number of anilines is 3. The molecular weight excluding hydrogens is 398 g/mol. The first kappa shape index (κ1) is 19.4. The van der Waals surface area contributed by atoms with Crippen LogP contribution in [-0.2, 0) is 4.74 Å². The van der Waals surface area contributed by atoms with Crippen molar-refractivity contribution >= 4 is 51.1 Å². The Kier molecular flexibility index (Phi) is 5.64. The van der Waals surface area contributed by atoms with E-state index in [2.05, 4.69) is 10.1 Å². The van der Waals surface area contributed by atoms with Gasteiger partial charge in [-0.2, -0.15) is 5.26 Å². The Morgan fingerprint density at radius 1 is 1.11 bits per heavy atom. The Morgan fingerprint density at radius 2 is 1.71 bits per heavy atom. The lowest BCUT2D eigenvalue weighted by Crippen LogP contribution is -2.02. The summed E-state index contributed by atoms with van der Waals surface area (Å²) < 4.78 is 4.66. The molecule has 3 aromatic rings. The van der Waals surface area contributed by atoms with Crippen molar-refractivity contribution in [1.29, 1.82) is 5.26 Å². The van der Waals surface area contributed by atoms with E-state index in [-0.39, 0.29) is 21.9 Å². The molecule has 0 spiro atoms. The maximum Gasteiger partial charge on any atom is 0.337 e. The minimum absolute atomic E-state index is 0.126. The van der Waals surface area contributed by atoms with Crippen LogP contribution in [0.15, 0.2) is 48.5 Å². The van der Waals surface area contributed by atoms with E-state index >= 15 is 0 Å². The zero-order valence-corrected chi connectivity index (χ0v) is 16.2. The highest BCUT2D eigenvalue weighted by molar-refractivity contribution is 7.19. The van der Waals surface area contributed by atoms with Crippen molar-refractivity contribution in [3.05, 3.63) is 75.1 Å². The first-order chi connectivity index (χ1) is 13.4. The van der Waals surface area contributed by atoms with Gasteiger partial charge < -0.3 is 15.8 Å². The summed E-state index contributed by atoms with van der Waals surface area (Å²) in [6.45, 7) is 0. The van der Waals surface area contributed by atoms with E-state index in [1.165, 1.54) is 7.11 Å². The maximum atomic E-state index is 12.8. The molecule has 0 aliphatic heterocycles. The molecule has 6 nitrogen and oxygen atoms in total. The Morgan fingerprint density at radius 3 is 2.29 bits per heavy atom. The van der Waals surface area contributed by atoms with E-state index in [1.807, 2.05) is 6.07 Å². The monoisotopic (exact) mass is 411 g/mol. The average molecular weight is 412 g/mol. The smallest absolute Gasteiger partial charge is 0.337 e. The molecule has 28 heavy (non-hydrogen) atoms. The van der Waals surface area contributed by atoms with Gasteiger partial charge in [0.15, 0.2) is 0 Å². The van der Waals surface area contributed by atoms with Crippen LogP contribution in [-0.4, -0.2) is 18.9 Å². The van der Waals surface area contributed by atoms with Crippen LogP contribution in [0.1, 0.15) is 31.2 Å². The lowest BCUT2D eigenvalue weighted by atomic mass is 10.1. The molecule has 0 saturated carbocycles. The van der Waals surface area contributed by atoms with Crippen LogP contribution in [0.2, 0.25) is 5.02 Å². The molecule has 0 aliphatic carbocycles. The van der Waals surface area contributed by atoms with Gasteiger partial charge in [-0.05, 0) is 48.5 Å². The molecule has 0 atom stereocenters. The van der Waals surface area contributed by atoms with Crippen molar-refractivity contribution in [2.24, 2.45) is 0 Å². The molecular formula is C20H14ClN3O3S. The van der Waals surface area contributed by atoms with Crippen molar-refractivity contribution in [3.8, 4) is 6.07 Å². The van der Waals surface area contributed by atoms with Gasteiger partial charge in [0.1, 0.15) is 21.5 Å². The summed E-state index contributed by atoms with van der Waals surface area (Å²) in [5, 5.41) is 13.5. The second-order valence-electron chi connectivity index (χ2n) is 5.69. The molecule has 0 fully saturated rings. The van der Waals surface area contributed by atoms with Gasteiger partial charge in [-0.1, -0.05) is 11.6 Å². The molecule has 1 aromatic heterocycles. The topological polar surface area (TPSA) is 105 Å². The highest BCUT2D eigenvalue weighted by Gasteiger charge is 2.22. The normalized spacial score (nSPS) is 10.2. The van der Waals surface area contributed by atoms with Gasteiger partial charge >= 0.3 is 5.97 Å².